The standard InChI is InChI=1S/C14H11NO2S/c16-15(17)13-11-7-3-1-5-9(11)10-6-2-4-8-12(10)14(13)18/h1-2,4-6,8,18H,3,7H2. The summed E-state index contributed by atoms with van der Waals surface area (Å²) in [6.45, 7) is 0. The third kappa shape index (κ3) is 1.53. The lowest BCUT2D eigenvalue weighted by atomic mass is 9.90. The second kappa shape index (κ2) is 4.14. The summed E-state index contributed by atoms with van der Waals surface area (Å²) in [6, 6.07) is 7.70. The molecule has 1 aliphatic carbocycles. The summed E-state index contributed by atoms with van der Waals surface area (Å²) < 4.78 is 0. The van der Waals surface area contributed by atoms with E-state index in [1.807, 2.05) is 30.3 Å². The zero-order valence-corrected chi connectivity index (χ0v) is 10.5. The van der Waals surface area contributed by atoms with Crippen LogP contribution < -0.4 is 0 Å². The zero-order chi connectivity index (χ0) is 12.7. The fourth-order valence-electron chi connectivity index (χ4n) is 2.55. The number of benzene rings is 2. The van der Waals surface area contributed by atoms with E-state index in [0.717, 1.165) is 28.3 Å². The van der Waals surface area contributed by atoms with Gasteiger partial charge >= 0.3 is 0 Å². The number of hydrogen-bond acceptors (Lipinski definition) is 3. The summed E-state index contributed by atoms with van der Waals surface area (Å²) in [5, 5.41) is 13.2. The van der Waals surface area contributed by atoms with Crippen LogP contribution in [0.1, 0.15) is 17.5 Å². The molecule has 0 unspecified atom stereocenters. The van der Waals surface area contributed by atoms with E-state index < -0.39 is 0 Å². The Morgan fingerprint density at radius 3 is 2.67 bits per heavy atom. The number of nitro groups is 1. The van der Waals surface area contributed by atoms with Crippen LogP contribution in [0, 0.1) is 10.1 Å². The van der Waals surface area contributed by atoms with Crippen LogP contribution in [0.3, 0.4) is 0 Å². The monoisotopic (exact) mass is 257 g/mol. The van der Waals surface area contributed by atoms with Gasteiger partial charge in [0.15, 0.2) is 0 Å². The van der Waals surface area contributed by atoms with Gasteiger partial charge in [-0.05, 0) is 23.8 Å². The molecule has 2 aromatic rings. The van der Waals surface area contributed by atoms with Crippen LogP contribution in [0.5, 0.6) is 0 Å². The molecule has 0 amide bonds. The van der Waals surface area contributed by atoms with Crippen LogP contribution >= 0.6 is 12.6 Å². The summed E-state index contributed by atoms with van der Waals surface area (Å²) in [5.74, 6) is 0. The molecule has 1 aliphatic rings. The van der Waals surface area contributed by atoms with E-state index in [2.05, 4.69) is 18.7 Å². The predicted octanol–water partition coefficient (Wildman–Crippen LogP) is 4.00. The number of fused-ring (bicyclic) bond motifs is 3. The van der Waals surface area contributed by atoms with E-state index in [9.17, 15) is 10.1 Å². The van der Waals surface area contributed by atoms with Crippen LogP contribution in [0.4, 0.5) is 5.69 Å². The van der Waals surface area contributed by atoms with Gasteiger partial charge in [0.2, 0.25) is 0 Å². The largest absolute Gasteiger partial charge is 0.287 e. The molecule has 0 radical (unpaired) electrons. The van der Waals surface area contributed by atoms with E-state index in [0.29, 0.717) is 11.3 Å². The highest BCUT2D eigenvalue weighted by Gasteiger charge is 2.25. The number of nitro benzene ring substituents is 1. The van der Waals surface area contributed by atoms with Crippen molar-refractivity contribution >= 4 is 35.2 Å². The number of rotatable bonds is 1. The van der Waals surface area contributed by atoms with Gasteiger partial charge in [-0.1, -0.05) is 36.4 Å². The topological polar surface area (TPSA) is 43.1 Å². The van der Waals surface area contributed by atoms with Gasteiger partial charge < -0.3 is 0 Å². The molecule has 0 atom stereocenters. The first-order valence-electron chi connectivity index (χ1n) is 5.77. The molecule has 0 fully saturated rings. The summed E-state index contributed by atoms with van der Waals surface area (Å²) in [7, 11) is 0. The third-order valence-corrected chi connectivity index (χ3v) is 3.79. The average Bonchev–Trinajstić information content (AvgIpc) is 2.39. The minimum absolute atomic E-state index is 0.163. The number of hydrogen-bond donors (Lipinski definition) is 1. The summed E-state index contributed by atoms with van der Waals surface area (Å²) >= 11 is 4.37. The first kappa shape index (κ1) is 11.3. The maximum atomic E-state index is 11.3. The molecule has 90 valence electrons. The minimum atomic E-state index is -0.313. The number of nitrogens with zero attached hydrogens (tertiary/aromatic N) is 1. The van der Waals surface area contributed by atoms with Gasteiger partial charge in [0, 0.05) is 10.9 Å². The van der Waals surface area contributed by atoms with Crippen molar-refractivity contribution in [3.8, 4) is 0 Å². The van der Waals surface area contributed by atoms with E-state index in [4.69, 9.17) is 0 Å². The molecule has 0 aromatic heterocycles. The van der Waals surface area contributed by atoms with Crippen molar-refractivity contribution in [3.05, 3.63) is 51.6 Å². The Kier molecular flexibility index (Phi) is 2.59. The fourth-order valence-corrected chi connectivity index (χ4v) is 2.97. The fraction of sp³-hybridized carbons (Fsp3) is 0.143. The normalized spacial score (nSPS) is 13.6. The van der Waals surface area contributed by atoms with Crippen molar-refractivity contribution in [2.75, 3.05) is 0 Å². The van der Waals surface area contributed by atoms with Crippen LogP contribution in [0.2, 0.25) is 0 Å². The van der Waals surface area contributed by atoms with Gasteiger partial charge in [-0.15, -0.1) is 12.6 Å². The van der Waals surface area contributed by atoms with Crippen molar-refractivity contribution in [1.29, 1.82) is 0 Å². The van der Waals surface area contributed by atoms with Crippen molar-refractivity contribution in [2.45, 2.75) is 17.7 Å². The lowest BCUT2D eigenvalue weighted by Gasteiger charge is -2.15. The zero-order valence-electron chi connectivity index (χ0n) is 9.59. The first-order chi connectivity index (χ1) is 8.70. The molecule has 18 heavy (non-hydrogen) atoms. The van der Waals surface area contributed by atoms with Crippen LogP contribution in [0.25, 0.3) is 16.8 Å². The lowest BCUT2D eigenvalue weighted by molar-refractivity contribution is -0.388. The molecule has 3 nitrogen and oxygen atoms in total. The second-order valence-electron chi connectivity index (χ2n) is 4.33. The third-order valence-electron chi connectivity index (χ3n) is 3.34. The van der Waals surface area contributed by atoms with Crippen LogP contribution in [-0.2, 0) is 6.42 Å². The van der Waals surface area contributed by atoms with E-state index in [1.165, 1.54) is 0 Å². The highest BCUT2D eigenvalue weighted by atomic mass is 32.1. The minimum Gasteiger partial charge on any atom is -0.258 e. The van der Waals surface area contributed by atoms with Gasteiger partial charge in [0.25, 0.3) is 5.69 Å². The van der Waals surface area contributed by atoms with Crippen LogP contribution in [0.15, 0.2) is 35.2 Å². The molecule has 4 heteroatoms. The SMILES string of the molecule is O=[N+]([O-])c1c2c(c3ccccc3c1S)C=CCC2. The van der Waals surface area contributed by atoms with Crippen molar-refractivity contribution < 1.29 is 4.92 Å². The molecule has 3 rings (SSSR count). The predicted molar refractivity (Wildman–Crippen MR) is 75.2 cm³/mol. The van der Waals surface area contributed by atoms with Gasteiger partial charge in [0.1, 0.15) is 0 Å². The maximum Gasteiger partial charge on any atom is 0.287 e. The Morgan fingerprint density at radius 1 is 1.22 bits per heavy atom. The quantitative estimate of drug-likeness (QED) is 0.477. The highest BCUT2D eigenvalue weighted by molar-refractivity contribution is 7.80. The second-order valence-corrected chi connectivity index (χ2v) is 4.78. The van der Waals surface area contributed by atoms with Crippen molar-refractivity contribution in [1.82, 2.24) is 0 Å². The Bertz CT molecular complexity index is 692. The van der Waals surface area contributed by atoms with Gasteiger partial charge in [-0.2, -0.15) is 0 Å². The number of thiol groups is 1. The summed E-state index contributed by atoms with van der Waals surface area (Å²) in [4.78, 5) is 11.4. The molecule has 0 bridgehead atoms. The molecule has 0 saturated heterocycles. The Labute approximate surface area is 110 Å². The van der Waals surface area contributed by atoms with E-state index in [1.54, 1.807) is 0 Å². The van der Waals surface area contributed by atoms with Gasteiger partial charge in [-0.25, -0.2) is 0 Å². The smallest absolute Gasteiger partial charge is 0.258 e. The molecular formula is C14H11NO2S. The molecule has 2 aromatic carbocycles. The van der Waals surface area contributed by atoms with Crippen molar-refractivity contribution in [2.24, 2.45) is 0 Å². The average molecular weight is 257 g/mol. The van der Waals surface area contributed by atoms with Crippen LogP contribution in [-0.4, -0.2) is 4.92 Å². The molecule has 0 aliphatic heterocycles. The molecule has 0 saturated carbocycles. The Balaban J connectivity index is 2.52. The first-order valence-corrected chi connectivity index (χ1v) is 6.22. The maximum absolute atomic E-state index is 11.3. The molecule has 0 spiro atoms. The molecule has 0 N–H and O–H groups in total. The Morgan fingerprint density at radius 2 is 1.94 bits per heavy atom. The van der Waals surface area contributed by atoms with Gasteiger partial charge in [0.05, 0.1) is 9.82 Å². The Hall–Kier alpha value is -1.81. The summed E-state index contributed by atoms with van der Waals surface area (Å²) in [5.41, 5.74) is 1.95. The molecule has 0 heterocycles. The number of allylic oxidation sites excluding steroid dienone is 1. The van der Waals surface area contributed by atoms with E-state index in [-0.39, 0.29) is 10.6 Å². The van der Waals surface area contributed by atoms with Gasteiger partial charge in [-0.3, -0.25) is 10.1 Å². The van der Waals surface area contributed by atoms with E-state index >= 15 is 0 Å². The highest BCUT2D eigenvalue weighted by Crippen LogP contribution is 2.40. The molecular weight excluding hydrogens is 246 g/mol. The summed E-state index contributed by atoms with van der Waals surface area (Å²) in [6.07, 6.45) is 5.61. The van der Waals surface area contributed by atoms with Crippen molar-refractivity contribution in [3.63, 3.8) is 0 Å². The lowest BCUT2D eigenvalue weighted by Crippen LogP contribution is -2.03.